The molecule has 2 aliphatic rings. The van der Waals surface area contributed by atoms with Gasteiger partial charge in [-0.1, -0.05) is 19.1 Å². The maximum atomic E-state index is 14.0. The van der Waals surface area contributed by atoms with Gasteiger partial charge in [0.1, 0.15) is 18.1 Å². The summed E-state index contributed by atoms with van der Waals surface area (Å²) in [4.78, 5) is 15.3. The van der Waals surface area contributed by atoms with Gasteiger partial charge in [-0.05, 0) is 42.3 Å². The number of nitrogens with zero attached hydrogens (tertiary/aromatic N) is 3. The summed E-state index contributed by atoms with van der Waals surface area (Å²) >= 11 is 1.55. The molecule has 36 heavy (non-hydrogen) atoms. The van der Waals surface area contributed by atoms with Gasteiger partial charge in [0.05, 0.1) is 60.8 Å². The molecule has 0 atom stereocenters. The van der Waals surface area contributed by atoms with Gasteiger partial charge in [0, 0.05) is 22.6 Å². The number of amides is 1. The zero-order valence-electron chi connectivity index (χ0n) is 20.9. The van der Waals surface area contributed by atoms with Crippen LogP contribution in [-0.4, -0.2) is 75.2 Å². The van der Waals surface area contributed by atoms with Crippen LogP contribution in [0.4, 0.5) is 0 Å². The van der Waals surface area contributed by atoms with Gasteiger partial charge in [-0.3, -0.25) is 4.79 Å². The van der Waals surface area contributed by atoms with Crippen LogP contribution in [0.15, 0.2) is 29.0 Å². The van der Waals surface area contributed by atoms with Gasteiger partial charge in [-0.25, -0.2) is 4.68 Å². The zero-order valence-corrected chi connectivity index (χ0v) is 21.7. The van der Waals surface area contributed by atoms with E-state index in [0.29, 0.717) is 17.2 Å². The van der Waals surface area contributed by atoms with E-state index in [1.807, 2.05) is 29.8 Å². The standard InChI is InChI=1S/C25H26B3N3O4S/c1-14(2)7-15-8-17-20(9-19(15)33-4)35-10-18-21(29-30(22(17)18)16-5-6-36-11-16)23(32)31(25(26,27)28)24(3)12-34-13-24/h5-6,8-9,11,14H,7,10,12-13H2,1-4H3. The Morgan fingerprint density at radius 1 is 1.33 bits per heavy atom. The molecule has 4 heterocycles. The molecule has 0 saturated carbocycles. The minimum Gasteiger partial charge on any atom is -0.496 e. The highest BCUT2D eigenvalue weighted by molar-refractivity contribution is 7.08. The highest BCUT2D eigenvalue weighted by Crippen LogP contribution is 2.44. The molecule has 0 N–H and O–H groups in total. The summed E-state index contributed by atoms with van der Waals surface area (Å²) in [6.07, 6.45) is 0.826. The first kappa shape index (κ1) is 25.0. The van der Waals surface area contributed by atoms with Crippen LogP contribution in [0.1, 0.15) is 42.4 Å². The maximum absolute atomic E-state index is 14.0. The Morgan fingerprint density at radius 2 is 2.08 bits per heavy atom. The Labute approximate surface area is 219 Å². The first-order valence-corrected chi connectivity index (χ1v) is 12.8. The lowest BCUT2D eigenvalue weighted by atomic mass is 9.47. The number of ether oxygens (including phenoxy) is 3. The van der Waals surface area contributed by atoms with E-state index < -0.39 is 16.7 Å². The summed E-state index contributed by atoms with van der Waals surface area (Å²) in [5.41, 5.74) is 3.62. The lowest BCUT2D eigenvalue weighted by molar-refractivity contribution is -0.117. The van der Waals surface area contributed by atoms with Crippen LogP contribution >= 0.6 is 11.3 Å². The molecule has 2 aliphatic heterocycles. The number of carbonyl (C=O) groups excluding carboxylic acids is 1. The summed E-state index contributed by atoms with van der Waals surface area (Å²) in [5.74, 6) is 1.39. The summed E-state index contributed by atoms with van der Waals surface area (Å²) in [7, 11) is 19.9. The third-order valence-electron chi connectivity index (χ3n) is 6.53. The summed E-state index contributed by atoms with van der Waals surface area (Å²) in [6.45, 7) is 6.85. The number of carbonyl (C=O) groups is 1. The van der Waals surface area contributed by atoms with Crippen LogP contribution in [-0.2, 0) is 17.8 Å². The van der Waals surface area contributed by atoms with Crippen LogP contribution in [0.3, 0.4) is 0 Å². The van der Waals surface area contributed by atoms with E-state index in [-0.39, 0.29) is 25.5 Å². The van der Waals surface area contributed by atoms with E-state index in [2.05, 4.69) is 19.9 Å². The van der Waals surface area contributed by atoms with Crippen LogP contribution in [0.25, 0.3) is 16.9 Å². The molecule has 1 saturated heterocycles. The van der Waals surface area contributed by atoms with Crippen molar-refractivity contribution in [2.45, 2.75) is 44.6 Å². The molecular formula is C25H26B3N3O4S. The van der Waals surface area contributed by atoms with Crippen molar-refractivity contribution in [2.24, 2.45) is 5.92 Å². The lowest BCUT2D eigenvalue weighted by Crippen LogP contribution is -2.70. The van der Waals surface area contributed by atoms with E-state index in [4.69, 9.17) is 42.8 Å². The molecule has 180 valence electrons. The van der Waals surface area contributed by atoms with Gasteiger partial charge in [0.2, 0.25) is 0 Å². The van der Waals surface area contributed by atoms with Gasteiger partial charge < -0.3 is 19.1 Å². The second-order valence-electron chi connectivity index (χ2n) is 10.1. The molecule has 1 fully saturated rings. The summed E-state index contributed by atoms with van der Waals surface area (Å²) in [5, 5.41) is 6.83. The highest BCUT2D eigenvalue weighted by atomic mass is 32.1. The fourth-order valence-corrected chi connectivity index (χ4v) is 5.59. The second kappa shape index (κ2) is 9.03. The number of aromatic nitrogens is 2. The molecule has 3 aromatic rings. The molecule has 6 radical (unpaired) electrons. The molecule has 2 aromatic heterocycles. The Morgan fingerprint density at radius 3 is 2.64 bits per heavy atom. The topological polar surface area (TPSA) is 65.8 Å². The molecule has 7 nitrogen and oxygen atoms in total. The number of fused-ring (bicyclic) bond motifs is 3. The molecule has 5 rings (SSSR count). The van der Waals surface area contributed by atoms with E-state index in [9.17, 15) is 4.79 Å². The predicted molar refractivity (Wildman–Crippen MR) is 142 cm³/mol. The normalized spacial score (nSPS) is 16.0. The van der Waals surface area contributed by atoms with Crippen molar-refractivity contribution in [3.8, 4) is 28.4 Å². The SMILES string of the molecule is [B]C([B])([B])N(C(=O)c1nn(-c2ccsc2)c2c1COc1cc(OC)c(CC(C)C)cc1-2)C1(C)COC1. The Balaban J connectivity index is 1.71. The van der Waals surface area contributed by atoms with Crippen molar-refractivity contribution in [3.63, 3.8) is 0 Å². The second-order valence-corrected chi connectivity index (χ2v) is 10.9. The Hall–Kier alpha value is -2.65. The molecular weight excluding hydrogens is 471 g/mol. The highest BCUT2D eigenvalue weighted by Gasteiger charge is 2.48. The van der Waals surface area contributed by atoms with Crippen LogP contribution in [0.5, 0.6) is 11.5 Å². The minimum atomic E-state index is -1.90. The van der Waals surface area contributed by atoms with Crippen molar-refractivity contribution >= 4 is 40.8 Å². The van der Waals surface area contributed by atoms with Crippen molar-refractivity contribution in [1.82, 2.24) is 14.7 Å². The number of hydrogen-bond donors (Lipinski definition) is 0. The van der Waals surface area contributed by atoms with Crippen molar-refractivity contribution in [2.75, 3.05) is 20.3 Å². The molecule has 0 spiro atoms. The van der Waals surface area contributed by atoms with Crippen molar-refractivity contribution in [1.29, 1.82) is 0 Å². The Bertz CT molecular complexity index is 1300. The fraction of sp³-hybridized carbons (Fsp3) is 0.440. The quantitative estimate of drug-likeness (QED) is 0.470. The molecule has 0 bridgehead atoms. The monoisotopic (exact) mass is 497 g/mol. The number of thiophene rings is 1. The number of benzene rings is 1. The van der Waals surface area contributed by atoms with Crippen LogP contribution in [0.2, 0.25) is 0 Å². The molecule has 0 unspecified atom stereocenters. The maximum Gasteiger partial charge on any atom is 0.273 e. The summed E-state index contributed by atoms with van der Waals surface area (Å²) in [6, 6.07) is 5.94. The fourth-order valence-electron chi connectivity index (χ4n) is 4.97. The van der Waals surface area contributed by atoms with Gasteiger partial charge >= 0.3 is 0 Å². The van der Waals surface area contributed by atoms with Crippen LogP contribution in [0, 0.1) is 5.92 Å². The van der Waals surface area contributed by atoms with Crippen molar-refractivity contribution in [3.05, 3.63) is 45.8 Å². The average molecular weight is 497 g/mol. The first-order valence-electron chi connectivity index (χ1n) is 11.8. The van der Waals surface area contributed by atoms with E-state index in [1.54, 1.807) is 23.1 Å². The van der Waals surface area contributed by atoms with E-state index in [0.717, 1.165) is 34.7 Å². The van der Waals surface area contributed by atoms with Gasteiger partial charge in [0.15, 0.2) is 5.69 Å². The summed E-state index contributed by atoms with van der Waals surface area (Å²) < 4.78 is 19.0. The zero-order chi connectivity index (χ0) is 25.8. The largest absolute Gasteiger partial charge is 0.496 e. The van der Waals surface area contributed by atoms with Gasteiger partial charge in [-0.15, -0.1) is 0 Å². The van der Waals surface area contributed by atoms with E-state index >= 15 is 0 Å². The van der Waals surface area contributed by atoms with Crippen LogP contribution < -0.4 is 9.47 Å². The smallest absolute Gasteiger partial charge is 0.273 e. The number of rotatable bonds is 7. The first-order chi connectivity index (χ1) is 17.0. The van der Waals surface area contributed by atoms with E-state index in [1.165, 1.54) is 4.90 Å². The van der Waals surface area contributed by atoms with Gasteiger partial charge in [-0.2, -0.15) is 16.4 Å². The third-order valence-corrected chi connectivity index (χ3v) is 7.20. The number of methoxy groups -OCH3 is 1. The average Bonchev–Trinajstić information content (AvgIpc) is 3.44. The minimum absolute atomic E-state index is 0.147. The third kappa shape index (κ3) is 4.16. The molecule has 11 heteroatoms. The Kier molecular flexibility index (Phi) is 6.28. The predicted octanol–water partition coefficient (Wildman–Crippen LogP) is 3.05. The molecule has 1 aromatic carbocycles. The molecule has 0 aliphatic carbocycles. The molecule has 1 amide bonds. The van der Waals surface area contributed by atoms with Gasteiger partial charge in [0.25, 0.3) is 5.91 Å². The number of hydrogen-bond acceptors (Lipinski definition) is 6. The van der Waals surface area contributed by atoms with Crippen molar-refractivity contribution < 1.29 is 19.0 Å². The lowest BCUT2D eigenvalue weighted by Gasteiger charge is -2.54.